The van der Waals surface area contributed by atoms with Gasteiger partial charge in [0.15, 0.2) is 13.1 Å². The number of halogens is 6. The lowest BCUT2D eigenvalue weighted by molar-refractivity contribution is -1.01. The predicted octanol–water partition coefficient (Wildman–Crippen LogP) is 1.95. The fourth-order valence-electron chi connectivity index (χ4n) is 1.99. The van der Waals surface area contributed by atoms with Gasteiger partial charge in [0.25, 0.3) is 6.43 Å². The summed E-state index contributed by atoms with van der Waals surface area (Å²) in [6, 6.07) is 0. The van der Waals surface area contributed by atoms with Crippen molar-refractivity contribution in [1.29, 1.82) is 0 Å². The molecule has 1 atom stereocenters. The van der Waals surface area contributed by atoms with E-state index in [4.69, 9.17) is 0 Å². The number of alkyl halides is 5. The fraction of sp³-hybridized carbons (Fsp3) is 0.556. The van der Waals surface area contributed by atoms with E-state index in [2.05, 4.69) is 5.10 Å². The van der Waals surface area contributed by atoms with Gasteiger partial charge in [-0.3, -0.25) is 4.68 Å². The van der Waals surface area contributed by atoms with Crippen LogP contribution in [0.25, 0.3) is 0 Å². The summed E-state index contributed by atoms with van der Waals surface area (Å²) in [5.74, 6) is -2.55. The molecule has 19 heavy (non-hydrogen) atoms. The standard InChI is InChI=1S/C9H8F6N3O/c10-7(11)2-17-6-4-18(15,3-5(6)1-16-17)8(19)9(12,13)14/h1,7H,2-4H2/q+1. The maximum absolute atomic E-state index is 14.0. The third-order valence-electron chi connectivity index (χ3n) is 2.77. The van der Waals surface area contributed by atoms with Crippen molar-refractivity contribution >= 4 is 5.91 Å². The van der Waals surface area contributed by atoms with Gasteiger partial charge in [-0.25, -0.2) is 13.6 Å². The molecule has 1 aromatic heterocycles. The van der Waals surface area contributed by atoms with Crippen molar-refractivity contribution in [3.63, 3.8) is 0 Å². The summed E-state index contributed by atoms with van der Waals surface area (Å²) in [4.78, 5) is 11.0. The zero-order chi connectivity index (χ0) is 14.4. The molecule has 10 heteroatoms. The highest BCUT2D eigenvalue weighted by Crippen LogP contribution is 2.35. The SMILES string of the molecule is O=C(C(F)(F)F)[N+]1(F)Cc2cnn(CC(F)F)c2C1. The summed E-state index contributed by atoms with van der Waals surface area (Å²) in [5.41, 5.74) is -0.0823. The van der Waals surface area contributed by atoms with Crippen LogP contribution in [-0.4, -0.2) is 33.0 Å². The third-order valence-corrected chi connectivity index (χ3v) is 2.77. The molecule has 1 unspecified atom stereocenters. The van der Waals surface area contributed by atoms with Gasteiger partial charge in [-0.05, 0) is 0 Å². The minimum atomic E-state index is -5.32. The Kier molecular flexibility index (Phi) is 3.07. The summed E-state index contributed by atoms with van der Waals surface area (Å²) < 4.78 is 73.4. The molecule has 1 aromatic rings. The Morgan fingerprint density at radius 1 is 1.42 bits per heavy atom. The molecule has 0 saturated carbocycles. The second kappa shape index (κ2) is 4.22. The van der Waals surface area contributed by atoms with Crippen LogP contribution in [0.15, 0.2) is 6.20 Å². The minimum absolute atomic E-state index is 0.0285. The molecule has 106 valence electrons. The Labute approximate surface area is 102 Å². The lowest BCUT2D eigenvalue weighted by Crippen LogP contribution is -2.48. The Bertz CT molecular complexity index is 511. The molecule has 0 aromatic carbocycles. The van der Waals surface area contributed by atoms with E-state index in [0.717, 1.165) is 10.9 Å². The quantitative estimate of drug-likeness (QED) is 0.616. The second-order valence-corrected chi connectivity index (χ2v) is 4.17. The van der Waals surface area contributed by atoms with Crippen molar-refractivity contribution in [2.24, 2.45) is 0 Å². The van der Waals surface area contributed by atoms with Gasteiger partial charge in [-0.15, -0.1) is 0 Å². The monoisotopic (exact) mass is 288 g/mol. The van der Waals surface area contributed by atoms with Crippen LogP contribution in [0.4, 0.5) is 26.4 Å². The van der Waals surface area contributed by atoms with Gasteiger partial charge in [-0.2, -0.15) is 18.3 Å². The van der Waals surface area contributed by atoms with Crippen molar-refractivity contribution < 1.29 is 35.9 Å². The average molecular weight is 288 g/mol. The zero-order valence-electron chi connectivity index (χ0n) is 9.29. The molecule has 0 radical (unpaired) electrons. The van der Waals surface area contributed by atoms with Crippen molar-refractivity contribution in [2.45, 2.75) is 32.2 Å². The molecular weight excluding hydrogens is 280 g/mol. The Morgan fingerprint density at radius 3 is 2.58 bits per heavy atom. The minimum Gasteiger partial charge on any atom is -0.257 e. The van der Waals surface area contributed by atoms with E-state index < -0.39 is 42.8 Å². The predicted molar refractivity (Wildman–Crippen MR) is 48.1 cm³/mol. The first-order valence-electron chi connectivity index (χ1n) is 5.13. The number of amides is 1. The summed E-state index contributed by atoms with van der Waals surface area (Å²) in [5, 5.41) is 3.53. The molecule has 0 bridgehead atoms. The largest absolute Gasteiger partial charge is 0.513 e. The highest BCUT2D eigenvalue weighted by molar-refractivity contribution is 5.75. The van der Waals surface area contributed by atoms with Gasteiger partial charge in [0.2, 0.25) is 0 Å². The number of carbonyl (C=O) groups excluding carboxylic acids is 1. The topological polar surface area (TPSA) is 34.9 Å². The summed E-state index contributed by atoms with van der Waals surface area (Å²) in [6.45, 7) is -2.65. The number of carbonyl (C=O) groups is 1. The first-order chi connectivity index (χ1) is 8.63. The van der Waals surface area contributed by atoms with E-state index in [1.807, 2.05) is 0 Å². The number of aromatic nitrogens is 2. The Hall–Kier alpha value is -1.58. The van der Waals surface area contributed by atoms with Crippen LogP contribution < -0.4 is 0 Å². The Balaban J connectivity index is 2.25. The molecule has 1 amide bonds. The van der Waals surface area contributed by atoms with E-state index in [0.29, 0.717) is 0 Å². The number of rotatable bonds is 2. The molecule has 0 N–H and O–H groups in total. The van der Waals surface area contributed by atoms with Crippen LogP contribution in [0.1, 0.15) is 11.3 Å². The maximum Gasteiger partial charge on any atom is 0.513 e. The Morgan fingerprint density at radius 2 is 2.05 bits per heavy atom. The van der Waals surface area contributed by atoms with Gasteiger partial charge in [0, 0.05) is 4.48 Å². The van der Waals surface area contributed by atoms with E-state index >= 15 is 0 Å². The van der Waals surface area contributed by atoms with E-state index in [9.17, 15) is 31.2 Å². The first-order valence-corrected chi connectivity index (χ1v) is 5.13. The number of hydrogen-bond donors (Lipinski definition) is 0. The number of nitrogens with zero attached hydrogens (tertiary/aromatic N) is 3. The third kappa shape index (κ3) is 2.44. The van der Waals surface area contributed by atoms with Crippen molar-refractivity contribution in [2.75, 3.05) is 0 Å². The van der Waals surface area contributed by atoms with Gasteiger partial charge < -0.3 is 0 Å². The van der Waals surface area contributed by atoms with Crippen molar-refractivity contribution in [3.8, 4) is 0 Å². The summed E-state index contributed by atoms with van der Waals surface area (Å²) >= 11 is 0. The zero-order valence-corrected chi connectivity index (χ0v) is 9.29. The molecule has 1 aliphatic heterocycles. The molecule has 0 spiro atoms. The number of quaternary nitrogens is 1. The highest BCUT2D eigenvalue weighted by Gasteiger charge is 2.60. The molecule has 4 nitrogen and oxygen atoms in total. The second-order valence-electron chi connectivity index (χ2n) is 4.17. The number of hydrogen-bond acceptors (Lipinski definition) is 2. The molecule has 0 fully saturated rings. The van der Waals surface area contributed by atoms with E-state index in [-0.39, 0.29) is 11.3 Å². The van der Waals surface area contributed by atoms with Crippen LogP contribution in [0.5, 0.6) is 0 Å². The van der Waals surface area contributed by atoms with Crippen LogP contribution >= 0.6 is 0 Å². The normalized spacial score (nSPS) is 22.9. The molecule has 2 rings (SSSR count). The van der Waals surface area contributed by atoms with Gasteiger partial charge in [0.05, 0.1) is 11.8 Å². The molecule has 0 aliphatic carbocycles. The molecule has 1 aliphatic rings. The van der Waals surface area contributed by atoms with Crippen molar-refractivity contribution in [1.82, 2.24) is 9.78 Å². The highest BCUT2D eigenvalue weighted by atomic mass is 19.4. The molecule has 2 heterocycles. The smallest absolute Gasteiger partial charge is 0.257 e. The summed E-state index contributed by atoms with van der Waals surface area (Å²) in [6.07, 6.45) is -7.09. The number of fused-ring (bicyclic) bond motifs is 1. The first kappa shape index (κ1) is 13.8. The van der Waals surface area contributed by atoms with Gasteiger partial charge in [-0.1, -0.05) is 4.71 Å². The van der Waals surface area contributed by atoms with Crippen molar-refractivity contribution in [3.05, 3.63) is 17.5 Å². The van der Waals surface area contributed by atoms with Gasteiger partial charge >= 0.3 is 12.1 Å². The van der Waals surface area contributed by atoms with E-state index in [1.165, 1.54) is 0 Å². The maximum atomic E-state index is 14.0. The van der Waals surface area contributed by atoms with Crippen LogP contribution in [0.3, 0.4) is 0 Å². The lowest BCUT2D eigenvalue weighted by atomic mass is 10.3. The lowest BCUT2D eigenvalue weighted by Gasteiger charge is -2.18. The average Bonchev–Trinajstić information content (AvgIpc) is 2.75. The van der Waals surface area contributed by atoms with Crippen LogP contribution in [-0.2, 0) is 24.4 Å². The van der Waals surface area contributed by atoms with Gasteiger partial charge in [0.1, 0.15) is 12.2 Å². The molecule has 0 saturated heterocycles. The van der Waals surface area contributed by atoms with E-state index in [1.54, 1.807) is 0 Å². The summed E-state index contributed by atoms with van der Waals surface area (Å²) in [7, 11) is 0. The van der Waals surface area contributed by atoms with Crippen LogP contribution in [0.2, 0.25) is 0 Å². The fourth-order valence-corrected chi connectivity index (χ4v) is 1.99. The van der Waals surface area contributed by atoms with Crippen LogP contribution in [0, 0.1) is 0 Å². The molecular formula is C9H8F6N3O+.